The van der Waals surface area contributed by atoms with Crippen LogP contribution in [0.2, 0.25) is 5.15 Å². The molecule has 15 heavy (non-hydrogen) atoms. The van der Waals surface area contributed by atoms with Gasteiger partial charge in [-0.25, -0.2) is 9.97 Å². The van der Waals surface area contributed by atoms with Gasteiger partial charge in [-0.15, -0.1) is 0 Å². The molecule has 0 unspecified atom stereocenters. The van der Waals surface area contributed by atoms with Gasteiger partial charge in [-0.2, -0.15) is 13.2 Å². The molecule has 0 saturated carbocycles. The summed E-state index contributed by atoms with van der Waals surface area (Å²) in [6.07, 6.45) is -4.28. The van der Waals surface area contributed by atoms with E-state index in [1.54, 1.807) is 13.8 Å². The highest BCUT2D eigenvalue weighted by molar-refractivity contribution is 6.30. The topological polar surface area (TPSA) is 37.8 Å². The van der Waals surface area contributed by atoms with Gasteiger partial charge < -0.3 is 5.32 Å². The van der Waals surface area contributed by atoms with Gasteiger partial charge in [0.1, 0.15) is 23.3 Å². The summed E-state index contributed by atoms with van der Waals surface area (Å²) in [7, 11) is 0. The van der Waals surface area contributed by atoms with E-state index in [2.05, 4.69) is 15.3 Å². The minimum atomic E-state index is -4.28. The van der Waals surface area contributed by atoms with Crippen molar-refractivity contribution in [1.82, 2.24) is 9.97 Å². The zero-order valence-electron chi connectivity index (χ0n) is 8.11. The van der Waals surface area contributed by atoms with Crippen LogP contribution in [-0.4, -0.2) is 22.7 Å². The van der Waals surface area contributed by atoms with E-state index in [0.29, 0.717) is 11.4 Å². The van der Waals surface area contributed by atoms with Crippen LogP contribution in [0.5, 0.6) is 0 Å². The van der Waals surface area contributed by atoms with Crippen LogP contribution >= 0.6 is 11.6 Å². The van der Waals surface area contributed by atoms with Crippen molar-refractivity contribution in [3.05, 3.63) is 16.5 Å². The lowest BCUT2D eigenvalue weighted by Gasteiger charge is -2.11. The fourth-order valence-corrected chi connectivity index (χ4v) is 1.16. The Morgan fingerprint density at radius 1 is 1.27 bits per heavy atom. The lowest BCUT2D eigenvalue weighted by molar-refractivity contribution is -0.115. The van der Waals surface area contributed by atoms with E-state index >= 15 is 0 Å². The molecule has 3 nitrogen and oxygen atoms in total. The molecule has 1 rings (SSSR count). The van der Waals surface area contributed by atoms with Crippen LogP contribution in [-0.2, 0) is 0 Å². The van der Waals surface area contributed by atoms with Crippen molar-refractivity contribution in [1.29, 1.82) is 0 Å². The summed E-state index contributed by atoms with van der Waals surface area (Å²) in [5.41, 5.74) is 0.409. The van der Waals surface area contributed by atoms with Gasteiger partial charge in [0.05, 0.1) is 0 Å². The number of aryl methyl sites for hydroxylation is 1. The number of nitrogens with zero attached hydrogens (tertiary/aromatic N) is 2. The minimum Gasteiger partial charge on any atom is -0.361 e. The average Bonchev–Trinajstić information content (AvgIpc) is 2.07. The average molecular weight is 240 g/mol. The molecule has 1 N–H and O–H groups in total. The molecule has 7 heteroatoms. The highest BCUT2D eigenvalue weighted by atomic mass is 35.5. The van der Waals surface area contributed by atoms with Crippen LogP contribution in [0.4, 0.5) is 19.0 Å². The number of hydrogen-bond acceptors (Lipinski definition) is 3. The van der Waals surface area contributed by atoms with Gasteiger partial charge in [0.15, 0.2) is 0 Å². The first kappa shape index (κ1) is 12.0. The number of anilines is 1. The summed E-state index contributed by atoms with van der Waals surface area (Å²) in [6.45, 7) is 1.98. The van der Waals surface area contributed by atoms with Crippen LogP contribution in [0.25, 0.3) is 0 Å². The summed E-state index contributed by atoms with van der Waals surface area (Å²) in [4.78, 5) is 7.64. The lowest BCUT2D eigenvalue weighted by atomic mass is 10.3. The molecule has 0 fully saturated rings. The third kappa shape index (κ3) is 3.54. The van der Waals surface area contributed by atoms with Gasteiger partial charge in [-0.1, -0.05) is 11.6 Å². The smallest absolute Gasteiger partial charge is 0.361 e. The van der Waals surface area contributed by atoms with Crippen molar-refractivity contribution in [2.24, 2.45) is 0 Å². The van der Waals surface area contributed by atoms with Crippen LogP contribution < -0.4 is 5.32 Å². The molecule has 1 aromatic heterocycles. The number of alkyl halides is 3. The monoisotopic (exact) mass is 239 g/mol. The Balaban J connectivity index is 2.86. The first-order valence-corrected chi connectivity index (χ1v) is 4.49. The standard InChI is InChI=1S/C8H9ClF3N3/c1-4-6(9)14-5(2)15-7(4)13-3-8(10,11)12/h3H2,1-2H3,(H,13,14,15). The normalized spacial score (nSPS) is 11.6. The van der Waals surface area contributed by atoms with E-state index in [0.717, 1.165) is 0 Å². The molecule has 0 amide bonds. The Bertz CT molecular complexity index is 365. The van der Waals surface area contributed by atoms with Crippen LogP contribution in [0.3, 0.4) is 0 Å². The maximum absolute atomic E-state index is 11.9. The third-order valence-electron chi connectivity index (χ3n) is 1.65. The summed E-state index contributed by atoms with van der Waals surface area (Å²) >= 11 is 5.70. The Labute approximate surface area is 89.7 Å². The van der Waals surface area contributed by atoms with E-state index < -0.39 is 12.7 Å². The molecule has 1 aromatic rings. The second-order valence-electron chi connectivity index (χ2n) is 3.00. The number of rotatable bonds is 2. The highest BCUT2D eigenvalue weighted by Crippen LogP contribution is 2.21. The molecule has 0 atom stereocenters. The minimum absolute atomic E-state index is 0.116. The van der Waals surface area contributed by atoms with Crippen LogP contribution in [0.15, 0.2) is 0 Å². The number of halogens is 4. The van der Waals surface area contributed by atoms with Gasteiger partial charge in [0, 0.05) is 5.56 Å². The molecular formula is C8H9ClF3N3. The van der Waals surface area contributed by atoms with E-state index in [9.17, 15) is 13.2 Å². The maximum Gasteiger partial charge on any atom is 0.405 e. The van der Waals surface area contributed by atoms with E-state index in [4.69, 9.17) is 11.6 Å². The van der Waals surface area contributed by atoms with Gasteiger partial charge in [0.2, 0.25) is 0 Å². The summed E-state index contributed by atoms with van der Waals surface area (Å²) in [6, 6.07) is 0. The lowest BCUT2D eigenvalue weighted by Crippen LogP contribution is -2.22. The predicted octanol–water partition coefficient (Wildman–Crippen LogP) is 2.72. The quantitative estimate of drug-likeness (QED) is 0.807. The second kappa shape index (κ2) is 4.22. The first-order chi connectivity index (χ1) is 6.79. The fraction of sp³-hybridized carbons (Fsp3) is 0.500. The van der Waals surface area contributed by atoms with Crippen molar-refractivity contribution in [2.45, 2.75) is 20.0 Å². The van der Waals surface area contributed by atoms with Crippen LogP contribution in [0, 0.1) is 13.8 Å². The largest absolute Gasteiger partial charge is 0.405 e. The molecule has 0 bridgehead atoms. The molecule has 0 aliphatic heterocycles. The molecule has 0 radical (unpaired) electrons. The number of nitrogens with one attached hydrogen (secondary N) is 1. The second-order valence-corrected chi connectivity index (χ2v) is 3.36. The van der Waals surface area contributed by atoms with E-state index in [-0.39, 0.29) is 11.0 Å². The SMILES string of the molecule is Cc1nc(Cl)c(C)c(NCC(F)(F)F)n1. The van der Waals surface area contributed by atoms with Crippen molar-refractivity contribution >= 4 is 17.4 Å². The maximum atomic E-state index is 11.9. The molecule has 0 spiro atoms. The molecule has 0 aromatic carbocycles. The van der Waals surface area contributed by atoms with Crippen molar-refractivity contribution < 1.29 is 13.2 Å². The fourth-order valence-electron chi connectivity index (χ4n) is 0.950. The first-order valence-electron chi connectivity index (χ1n) is 4.11. The zero-order valence-corrected chi connectivity index (χ0v) is 8.87. The predicted molar refractivity (Wildman–Crippen MR) is 51.1 cm³/mol. The van der Waals surface area contributed by atoms with E-state index in [1.807, 2.05) is 0 Å². The molecule has 0 aliphatic rings. The van der Waals surface area contributed by atoms with Gasteiger partial charge in [0.25, 0.3) is 0 Å². The van der Waals surface area contributed by atoms with Gasteiger partial charge in [-0.3, -0.25) is 0 Å². The van der Waals surface area contributed by atoms with Crippen molar-refractivity contribution in [2.75, 3.05) is 11.9 Å². The zero-order chi connectivity index (χ0) is 11.6. The number of hydrogen-bond donors (Lipinski definition) is 1. The highest BCUT2D eigenvalue weighted by Gasteiger charge is 2.27. The van der Waals surface area contributed by atoms with Gasteiger partial charge in [-0.05, 0) is 13.8 Å². The molecule has 1 heterocycles. The van der Waals surface area contributed by atoms with Crippen molar-refractivity contribution in [3.63, 3.8) is 0 Å². The Hall–Kier alpha value is -1.04. The Kier molecular flexibility index (Phi) is 3.38. The number of aromatic nitrogens is 2. The Morgan fingerprint density at radius 3 is 2.40 bits per heavy atom. The van der Waals surface area contributed by atoms with Crippen molar-refractivity contribution in [3.8, 4) is 0 Å². The molecule has 84 valence electrons. The summed E-state index contributed by atoms with van der Waals surface area (Å²) in [5.74, 6) is 0.445. The third-order valence-corrected chi connectivity index (χ3v) is 2.02. The molecule has 0 saturated heterocycles. The van der Waals surface area contributed by atoms with E-state index in [1.165, 1.54) is 0 Å². The van der Waals surface area contributed by atoms with Gasteiger partial charge >= 0.3 is 6.18 Å². The Morgan fingerprint density at radius 2 is 1.87 bits per heavy atom. The summed E-state index contributed by atoms with van der Waals surface area (Å²) < 4.78 is 35.8. The molecular weight excluding hydrogens is 231 g/mol. The summed E-state index contributed by atoms with van der Waals surface area (Å²) in [5, 5.41) is 2.33. The molecule has 0 aliphatic carbocycles. The van der Waals surface area contributed by atoms with Crippen LogP contribution in [0.1, 0.15) is 11.4 Å².